The highest BCUT2D eigenvalue weighted by molar-refractivity contribution is 5.81. The van der Waals surface area contributed by atoms with Crippen molar-refractivity contribution in [3.63, 3.8) is 0 Å². The number of hydrogen-bond donors (Lipinski definition) is 1. The molecule has 0 bridgehead atoms. The van der Waals surface area contributed by atoms with Gasteiger partial charge in [0.15, 0.2) is 0 Å². The highest BCUT2D eigenvalue weighted by Gasteiger charge is 2.34. The number of benzene rings is 1. The quantitative estimate of drug-likeness (QED) is 0.908. The maximum absolute atomic E-state index is 12.1. The van der Waals surface area contributed by atoms with Crippen LogP contribution in [0.5, 0.6) is 0 Å². The van der Waals surface area contributed by atoms with Crippen LogP contribution in [0.2, 0.25) is 0 Å². The minimum absolute atomic E-state index is 0.329. The lowest BCUT2D eigenvalue weighted by Crippen LogP contribution is -2.43. The molecule has 0 atom stereocenters. The van der Waals surface area contributed by atoms with Gasteiger partial charge in [-0.1, -0.05) is 32.9 Å². The van der Waals surface area contributed by atoms with Gasteiger partial charge in [0, 0.05) is 30.7 Å². The zero-order valence-electron chi connectivity index (χ0n) is 14.8. The molecule has 1 heterocycles. The summed E-state index contributed by atoms with van der Waals surface area (Å²) < 4.78 is 0. The molecule has 1 aliphatic heterocycles. The lowest BCUT2D eigenvalue weighted by Gasteiger charge is -2.33. The van der Waals surface area contributed by atoms with Crippen LogP contribution in [0.3, 0.4) is 0 Å². The Kier molecular flexibility index (Phi) is 4.65. The van der Waals surface area contributed by atoms with Crippen LogP contribution in [0.25, 0.3) is 0 Å². The van der Waals surface area contributed by atoms with Crippen molar-refractivity contribution >= 4 is 11.6 Å². The Bertz CT molecular complexity index is 532. The summed E-state index contributed by atoms with van der Waals surface area (Å²) in [5, 5.41) is 3.64. The van der Waals surface area contributed by atoms with Gasteiger partial charge in [-0.05, 0) is 55.2 Å². The molecule has 1 saturated heterocycles. The van der Waals surface area contributed by atoms with E-state index < -0.39 is 0 Å². The topological polar surface area (TPSA) is 32.3 Å². The fraction of sp³-hybridized carbons (Fsp3) is 0.650. The van der Waals surface area contributed by atoms with E-state index in [4.69, 9.17) is 0 Å². The normalized spacial score (nSPS) is 19.7. The Hall–Kier alpha value is -1.51. The number of carbonyl (C=O) groups excluding carboxylic acids is 1. The fourth-order valence-corrected chi connectivity index (χ4v) is 3.40. The minimum atomic E-state index is 0.329. The van der Waals surface area contributed by atoms with E-state index in [1.807, 2.05) is 0 Å². The fourth-order valence-electron chi connectivity index (χ4n) is 3.40. The highest BCUT2D eigenvalue weighted by Crippen LogP contribution is 2.32. The van der Waals surface area contributed by atoms with Gasteiger partial charge < -0.3 is 10.2 Å². The van der Waals surface area contributed by atoms with Gasteiger partial charge >= 0.3 is 0 Å². The van der Waals surface area contributed by atoms with Gasteiger partial charge in [-0.2, -0.15) is 0 Å². The molecule has 2 aliphatic rings. The molecular weight excluding hydrogens is 284 g/mol. The number of hydrogen-bond acceptors (Lipinski definition) is 2. The van der Waals surface area contributed by atoms with Crippen molar-refractivity contribution in [2.75, 3.05) is 18.4 Å². The first-order valence-electron chi connectivity index (χ1n) is 9.05. The number of piperidine rings is 1. The third-order valence-electron chi connectivity index (χ3n) is 4.79. The van der Waals surface area contributed by atoms with E-state index in [1.54, 1.807) is 0 Å². The first-order chi connectivity index (χ1) is 10.9. The summed E-state index contributed by atoms with van der Waals surface area (Å²) in [4.78, 5) is 14.2. The molecule has 3 rings (SSSR count). The van der Waals surface area contributed by atoms with Crippen LogP contribution < -0.4 is 5.32 Å². The third-order valence-corrected chi connectivity index (χ3v) is 4.79. The standard InChI is InChI=1S/C20H30N2O/c1-20(2,3)14-15-4-8-17(9-5-15)21-18-10-12-22(13-11-18)19(23)16-6-7-16/h4-5,8-9,16,18,21H,6-7,10-14H2,1-3H3. The summed E-state index contributed by atoms with van der Waals surface area (Å²) in [6.07, 6.45) is 5.44. The predicted octanol–water partition coefficient (Wildman–Crippen LogP) is 4.09. The summed E-state index contributed by atoms with van der Waals surface area (Å²) >= 11 is 0. The van der Waals surface area contributed by atoms with Crippen LogP contribution in [-0.2, 0) is 11.2 Å². The molecule has 0 spiro atoms. The largest absolute Gasteiger partial charge is 0.382 e. The number of anilines is 1. The molecular formula is C20H30N2O. The molecule has 0 radical (unpaired) electrons. The number of rotatable bonds is 4. The molecule has 1 amide bonds. The molecule has 1 N–H and O–H groups in total. The van der Waals surface area contributed by atoms with Crippen LogP contribution in [0.1, 0.15) is 52.0 Å². The highest BCUT2D eigenvalue weighted by atomic mass is 16.2. The number of likely N-dealkylation sites (tertiary alicyclic amines) is 1. The first kappa shape index (κ1) is 16.4. The summed E-state index contributed by atoms with van der Waals surface area (Å²) in [6.45, 7) is 8.64. The van der Waals surface area contributed by atoms with Crippen molar-refractivity contribution in [3.8, 4) is 0 Å². The first-order valence-corrected chi connectivity index (χ1v) is 9.05. The minimum Gasteiger partial charge on any atom is -0.382 e. The zero-order chi connectivity index (χ0) is 16.4. The Morgan fingerprint density at radius 3 is 2.22 bits per heavy atom. The van der Waals surface area contributed by atoms with E-state index in [2.05, 4.69) is 55.3 Å². The van der Waals surface area contributed by atoms with Crippen molar-refractivity contribution < 1.29 is 4.79 Å². The summed E-state index contributed by atoms with van der Waals surface area (Å²) in [7, 11) is 0. The van der Waals surface area contributed by atoms with Gasteiger partial charge in [-0.3, -0.25) is 4.79 Å². The maximum atomic E-state index is 12.1. The predicted molar refractivity (Wildman–Crippen MR) is 95.5 cm³/mol. The molecule has 1 aliphatic carbocycles. The van der Waals surface area contributed by atoms with Gasteiger partial charge in [-0.25, -0.2) is 0 Å². The van der Waals surface area contributed by atoms with Gasteiger partial charge in [0.05, 0.1) is 0 Å². The van der Waals surface area contributed by atoms with Crippen molar-refractivity contribution in [3.05, 3.63) is 29.8 Å². The maximum Gasteiger partial charge on any atom is 0.225 e. The lowest BCUT2D eigenvalue weighted by atomic mass is 9.88. The molecule has 0 aromatic heterocycles. The van der Waals surface area contributed by atoms with E-state index in [0.29, 0.717) is 23.3 Å². The van der Waals surface area contributed by atoms with Gasteiger partial charge in [-0.15, -0.1) is 0 Å². The molecule has 1 aromatic rings. The summed E-state index contributed by atoms with van der Waals surface area (Å²) in [5.41, 5.74) is 2.93. The molecule has 0 unspecified atom stereocenters. The van der Waals surface area contributed by atoms with Crippen LogP contribution in [0.15, 0.2) is 24.3 Å². The monoisotopic (exact) mass is 314 g/mol. The Balaban J connectivity index is 1.47. The summed E-state index contributed by atoms with van der Waals surface area (Å²) in [5.74, 6) is 0.754. The zero-order valence-corrected chi connectivity index (χ0v) is 14.8. The van der Waals surface area contributed by atoms with Crippen LogP contribution >= 0.6 is 0 Å². The van der Waals surface area contributed by atoms with Gasteiger partial charge in [0.25, 0.3) is 0 Å². The Labute approximate surface area is 140 Å². The summed E-state index contributed by atoms with van der Waals surface area (Å²) in [6, 6.07) is 9.36. The Morgan fingerprint density at radius 2 is 1.70 bits per heavy atom. The molecule has 126 valence electrons. The second-order valence-electron chi connectivity index (χ2n) is 8.45. The smallest absolute Gasteiger partial charge is 0.225 e. The van der Waals surface area contributed by atoms with E-state index in [9.17, 15) is 4.79 Å². The van der Waals surface area contributed by atoms with Crippen molar-refractivity contribution in [2.24, 2.45) is 11.3 Å². The molecule has 3 nitrogen and oxygen atoms in total. The van der Waals surface area contributed by atoms with Crippen molar-refractivity contribution in [1.29, 1.82) is 0 Å². The van der Waals surface area contributed by atoms with Gasteiger partial charge in [0.1, 0.15) is 0 Å². The molecule has 1 saturated carbocycles. The molecule has 2 fully saturated rings. The second kappa shape index (κ2) is 6.54. The average molecular weight is 314 g/mol. The van der Waals surface area contributed by atoms with E-state index >= 15 is 0 Å². The number of nitrogens with zero attached hydrogens (tertiary/aromatic N) is 1. The van der Waals surface area contributed by atoms with Crippen LogP contribution in [0, 0.1) is 11.3 Å². The van der Waals surface area contributed by atoms with E-state index in [-0.39, 0.29) is 0 Å². The van der Waals surface area contributed by atoms with Crippen LogP contribution in [-0.4, -0.2) is 29.9 Å². The second-order valence-corrected chi connectivity index (χ2v) is 8.45. The molecule has 3 heteroatoms. The number of amides is 1. The number of nitrogens with one attached hydrogen (secondary N) is 1. The number of carbonyl (C=O) groups is 1. The SMILES string of the molecule is CC(C)(C)Cc1ccc(NC2CCN(C(=O)C3CC3)CC2)cc1. The molecule has 1 aromatic carbocycles. The van der Waals surface area contributed by atoms with E-state index in [1.165, 1.54) is 11.3 Å². The lowest BCUT2D eigenvalue weighted by molar-refractivity contribution is -0.133. The van der Waals surface area contributed by atoms with Crippen molar-refractivity contribution in [2.45, 2.75) is 58.9 Å². The van der Waals surface area contributed by atoms with Crippen LogP contribution in [0.4, 0.5) is 5.69 Å². The molecule has 23 heavy (non-hydrogen) atoms. The van der Waals surface area contributed by atoms with Crippen molar-refractivity contribution in [1.82, 2.24) is 4.90 Å². The van der Waals surface area contributed by atoms with E-state index in [0.717, 1.165) is 45.2 Å². The Morgan fingerprint density at radius 1 is 1.09 bits per heavy atom. The third kappa shape index (κ3) is 4.73. The van der Waals surface area contributed by atoms with Gasteiger partial charge in [0.2, 0.25) is 5.91 Å². The average Bonchev–Trinajstić information content (AvgIpc) is 3.33.